The molecular weight excluding hydrogens is 1790 g/mol. The molecule has 0 aliphatic heterocycles. The van der Waals surface area contributed by atoms with Crippen LogP contribution in [-0.2, 0) is 89.5 Å². The molecule has 35 nitrogen and oxygen atoms in total. The van der Waals surface area contributed by atoms with E-state index in [1.807, 2.05) is 102 Å². The zero-order chi connectivity index (χ0) is 99.0. The van der Waals surface area contributed by atoms with Crippen molar-refractivity contribution >= 4 is 59.9 Å². The number of benzene rings is 4. The summed E-state index contributed by atoms with van der Waals surface area (Å²) in [5.74, 6) is 1.10. The lowest BCUT2D eigenvalue weighted by Crippen LogP contribution is -2.36. The van der Waals surface area contributed by atoms with Gasteiger partial charge in [-0.25, -0.2) is 18.3 Å². The molecule has 5 fully saturated rings. The Bertz CT molecular complexity index is 4660. The number of hydrogen-bond acceptors (Lipinski definition) is 26. The third kappa shape index (κ3) is 37.8. The van der Waals surface area contributed by atoms with Crippen LogP contribution in [0.25, 0.3) is 0 Å². The number of hydrogen-bond donors (Lipinski definition) is 5. The lowest BCUT2D eigenvalue weighted by Gasteiger charge is -2.36. The van der Waals surface area contributed by atoms with Crippen LogP contribution >= 0.6 is 31.3 Å². The van der Waals surface area contributed by atoms with E-state index in [9.17, 15) is 83.1 Å². The molecule has 0 bridgehead atoms. The lowest BCUT2D eigenvalue weighted by atomic mass is 9.75. The molecule has 0 aromatic heterocycles. The topological polar surface area (TPSA) is 471 Å². The monoisotopic (exact) mass is 1940 g/mol. The Morgan fingerprint density at radius 1 is 0.432 bits per heavy atom. The molecule has 8 unspecified atom stereocenters. The number of nitro benzene ring substituents is 4. The molecule has 4 aromatic rings. The van der Waals surface area contributed by atoms with E-state index in [0.29, 0.717) is 60.7 Å². The van der Waals surface area contributed by atoms with Crippen LogP contribution in [0.1, 0.15) is 302 Å². The second-order valence-corrected chi connectivity index (χ2v) is 48.4. The van der Waals surface area contributed by atoms with Crippen LogP contribution in [0.4, 0.5) is 22.7 Å². The van der Waals surface area contributed by atoms with Gasteiger partial charge < -0.3 is 48.6 Å². The summed E-state index contributed by atoms with van der Waals surface area (Å²) in [5, 5.41) is 50.5. The van der Waals surface area contributed by atoms with Gasteiger partial charge in [-0.3, -0.25) is 81.4 Å². The normalized spacial score (nSPS) is 26.5. The summed E-state index contributed by atoms with van der Waals surface area (Å²) < 4.78 is 128. The Kier molecular flexibility index (Phi) is 40.9. The fourth-order valence-electron chi connectivity index (χ4n) is 18.5. The second-order valence-electron chi connectivity index (χ2n) is 42.8. The number of nitrogens with zero attached hydrogens (tertiary/aromatic N) is 4. The number of carbonyl (C=O) groups is 1. The number of ether oxygens (including phenoxy) is 5. The van der Waals surface area contributed by atoms with Crippen molar-refractivity contribution < 1.29 is 122 Å². The third-order valence-corrected chi connectivity index (χ3v) is 28.0. The van der Waals surface area contributed by atoms with Crippen LogP contribution in [0.15, 0.2) is 91.0 Å². The minimum atomic E-state index is -5.06. The molecule has 5 aliphatic carbocycles. The Morgan fingerprint density at radius 2 is 0.818 bits per heavy atom. The minimum absolute atomic E-state index is 0.000780. The number of nitro groups is 4. The van der Waals surface area contributed by atoms with Gasteiger partial charge in [0.1, 0.15) is 12.2 Å². The van der Waals surface area contributed by atoms with E-state index in [2.05, 4.69) is 74.6 Å². The number of phosphoric acid groups is 4. The smallest absolute Gasteiger partial charge is 0.375 e. The Hall–Kier alpha value is -5.81. The fraction of sp³-hybridized carbons (Fsp3) is 0.731. The SMILES string of the molecule is CC(OP(=O)(O)OC[C@H]1C[C@@H](C)C[C@H]1OC(C)(C)C)c1cc(CNC(=O)CCCOP(=O)(O)O[C@@H]2C[C@H](C)C[C@@H]2COC(C)(C)C)ccc1[N+](=O)[O-].C[C@@H]1C[C@H](C(OC(C)(C)C)c2ccccc2[N+](=O)[O-])[C@H](OC(C)(C)C)C1.C[C@@H]1C[C@H](COP(=O)(O)OC(CC(OP(=O)(O)O[C@@H]2C[C@H](C)C[C@@H]2COC(C)(C)C)c2ccccc2[N+](=O)[O-])c2ccccc2[N+](=O)[O-])[C@H](C(C)(C)C)C1. The average molecular weight is 1940 g/mol. The lowest BCUT2D eigenvalue weighted by molar-refractivity contribution is -0.386. The Labute approximate surface area is 779 Å². The van der Waals surface area contributed by atoms with Gasteiger partial charge in [-0.15, -0.1) is 0 Å². The maximum atomic E-state index is 13.9. The van der Waals surface area contributed by atoms with Gasteiger partial charge in [0.05, 0.1) is 140 Å². The molecule has 0 heterocycles. The summed E-state index contributed by atoms with van der Waals surface area (Å²) in [6.45, 7) is 47.9. The van der Waals surface area contributed by atoms with E-state index < -0.39 is 106 Å². The predicted octanol–water partition coefficient (Wildman–Crippen LogP) is 23.3. The molecule has 0 saturated heterocycles. The molecule has 9 rings (SSSR count). The highest BCUT2D eigenvalue weighted by Crippen LogP contribution is 2.60. The van der Waals surface area contributed by atoms with Gasteiger partial charge in [0.2, 0.25) is 5.91 Å². The summed E-state index contributed by atoms with van der Waals surface area (Å²) in [4.78, 5) is 101. The maximum Gasteiger partial charge on any atom is 0.473 e. The molecule has 5 saturated carbocycles. The summed E-state index contributed by atoms with van der Waals surface area (Å²) in [6, 6.07) is 21.7. The number of phosphoric ester groups is 4. The number of carbonyl (C=O) groups excluding carboxylic acids is 1. The van der Waals surface area contributed by atoms with Gasteiger partial charge in [0.25, 0.3) is 22.7 Å². The molecule has 5 aliphatic rings. The summed E-state index contributed by atoms with van der Waals surface area (Å²) >= 11 is 0. The van der Waals surface area contributed by atoms with Crippen LogP contribution in [0, 0.1) is 111 Å². The molecular formula is C93H149N5O30P4. The summed E-state index contributed by atoms with van der Waals surface area (Å²) in [5.41, 5.74) is -2.32. The first-order chi connectivity index (χ1) is 60.7. The standard InChI is InChI=1S/C37H56N2O13P2.C35H60N2O13P2.C21H33NO4/c1-24-17-26(30(19-24)36(3,4)5)23-49-53(44,45)51-34(28-13-9-11-15-31(28)38(40)41)21-35(29-14-10-12-16-32(29)39(42)43)52-54(46,47)50-33-20-25(2)18-27(33)22-48-37(6,7)8;1-23-16-28(31(17-23)48-35(7,8)9)22-47-52(43,44)49-25(3)29-19-26(12-13-30(29)37(39)40)20-36-33(38)11-10-14-46-51(41,42)50-32-18-24(2)15-27(32)21-45-34(4,5)6;1-14-12-16(18(13-14)25-20(2,3)4)19(26-21(5,6)7)15-10-8-9-11-17(15)22(23)24/h9-16,24-27,30,33-35H,17-23H2,1-8H3,(H,44,45)(H,46,47);12-13,19,23-25,27-28,31-32H,10-11,14-18,20-22H2,1-9H3,(H,36,38)(H,41,42)(H,43,44);8-11,14,16,18-19H,12-13H2,1-7H3/t24-,25-,26-,27-,30-,33-,34?,35?;23-,24-,25?,27-,28-,31-,32-;14-,16+,18-,19?/m111/s1. The Balaban J connectivity index is 0.000000286. The quantitative estimate of drug-likeness (QED) is 0.0119. The van der Waals surface area contributed by atoms with Gasteiger partial charge in [-0.2, -0.15) is 0 Å². The molecule has 5 N–H and O–H groups in total. The number of para-hydroxylation sites is 3. The van der Waals surface area contributed by atoms with Crippen molar-refractivity contribution in [2.75, 3.05) is 33.0 Å². The third-order valence-electron chi connectivity index (χ3n) is 23.9. The Morgan fingerprint density at radius 3 is 1.28 bits per heavy atom. The highest BCUT2D eigenvalue weighted by molar-refractivity contribution is 7.48. The fourth-order valence-corrected chi connectivity index (χ4v) is 22.6. The highest BCUT2D eigenvalue weighted by atomic mass is 31.2. The van der Waals surface area contributed by atoms with Crippen molar-refractivity contribution in [1.29, 1.82) is 0 Å². The van der Waals surface area contributed by atoms with E-state index in [0.717, 1.165) is 44.9 Å². The van der Waals surface area contributed by atoms with Crippen molar-refractivity contribution in [3.05, 3.63) is 159 Å². The molecule has 39 heteroatoms. The molecule has 746 valence electrons. The van der Waals surface area contributed by atoms with Crippen LogP contribution in [0.3, 0.4) is 0 Å². The van der Waals surface area contributed by atoms with Crippen LogP contribution in [0.2, 0.25) is 0 Å². The largest absolute Gasteiger partial charge is 0.473 e. The first kappa shape index (κ1) is 113. The van der Waals surface area contributed by atoms with Gasteiger partial charge in [0, 0.05) is 67.3 Å². The predicted molar refractivity (Wildman–Crippen MR) is 499 cm³/mol. The average Bonchev–Trinajstić information content (AvgIpc) is 1.64. The first-order valence-electron chi connectivity index (χ1n) is 46.0. The summed E-state index contributed by atoms with van der Waals surface area (Å²) in [7, 11) is -19.0. The number of rotatable bonds is 41. The summed E-state index contributed by atoms with van der Waals surface area (Å²) in [6.07, 6.45) is 0.801. The molecule has 1 amide bonds. The second kappa shape index (κ2) is 47.7. The van der Waals surface area contributed by atoms with Crippen LogP contribution < -0.4 is 5.32 Å². The van der Waals surface area contributed by atoms with Crippen molar-refractivity contribution in [3.63, 3.8) is 0 Å². The van der Waals surface area contributed by atoms with Crippen molar-refractivity contribution in [1.82, 2.24) is 5.32 Å². The van der Waals surface area contributed by atoms with Gasteiger partial charge in [-0.05, 0) is 258 Å². The zero-order valence-electron chi connectivity index (χ0n) is 81.5. The number of nitrogens with one attached hydrogen (secondary N) is 1. The van der Waals surface area contributed by atoms with Crippen molar-refractivity contribution in [3.8, 4) is 0 Å². The van der Waals surface area contributed by atoms with Crippen molar-refractivity contribution in [2.45, 2.75) is 333 Å². The molecule has 4 aromatic carbocycles. The van der Waals surface area contributed by atoms with Crippen LogP contribution in [0.5, 0.6) is 0 Å². The van der Waals surface area contributed by atoms with E-state index in [1.54, 1.807) is 12.1 Å². The van der Waals surface area contributed by atoms with E-state index >= 15 is 0 Å². The molecule has 0 spiro atoms. The highest BCUT2D eigenvalue weighted by Gasteiger charge is 2.49. The van der Waals surface area contributed by atoms with Gasteiger partial charge in [-0.1, -0.05) is 97.9 Å². The van der Waals surface area contributed by atoms with E-state index in [1.165, 1.54) is 73.7 Å². The molecule has 0 radical (unpaired) electrons. The zero-order valence-corrected chi connectivity index (χ0v) is 85.1. The minimum Gasteiger partial charge on any atom is -0.375 e. The first-order valence-corrected chi connectivity index (χ1v) is 51.9. The number of amides is 1. The van der Waals surface area contributed by atoms with Crippen LogP contribution in [-0.4, -0.2) is 131 Å². The van der Waals surface area contributed by atoms with E-state index in [-0.39, 0.29) is 167 Å². The molecule has 23 atom stereocenters. The van der Waals surface area contributed by atoms with Gasteiger partial charge in [0.15, 0.2) is 0 Å². The van der Waals surface area contributed by atoms with Crippen molar-refractivity contribution in [2.24, 2.45) is 70.5 Å². The van der Waals surface area contributed by atoms with E-state index in [4.69, 9.17) is 59.9 Å². The van der Waals surface area contributed by atoms with Gasteiger partial charge >= 0.3 is 31.3 Å². The molecule has 132 heavy (non-hydrogen) atoms. The maximum absolute atomic E-state index is 13.9.